The molecule has 16 rings (SSSR count). The van der Waals surface area contributed by atoms with Gasteiger partial charge in [0.2, 0.25) is 11.8 Å². The van der Waals surface area contributed by atoms with Gasteiger partial charge < -0.3 is 64.0 Å². The number of pyridine rings is 3. The number of methoxy groups -OCH3 is 2. The molecule has 0 radical (unpaired) electrons. The molecule has 1 aliphatic carbocycles. The normalized spacial score (nSPS) is 18.8. The second-order valence-corrected chi connectivity index (χ2v) is 32.9. The van der Waals surface area contributed by atoms with Gasteiger partial charge in [-0.15, -0.1) is 11.3 Å². The fourth-order valence-electron chi connectivity index (χ4n) is 17.6. The molecule has 0 spiro atoms. The first-order valence-corrected chi connectivity index (χ1v) is 42.4. The van der Waals surface area contributed by atoms with Gasteiger partial charge in [0.1, 0.15) is 34.3 Å². The molecule has 4 aromatic carbocycles. The second-order valence-electron chi connectivity index (χ2n) is 32.1. The topological polar surface area (TPSA) is 230 Å². The number of piperidine rings is 2. The van der Waals surface area contributed by atoms with E-state index < -0.39 is 11.6 Å². The largest absolute Gasteiger partial charge is 0.494 e. The van der Waals surface area contributed by atoms with E-state index in [1.54, 1.807) is 45.6 Å². The van der Waals surface area contributed by atoms with Crippen LogP contribution in [-0.4, -0.2) is 246 Å². The Morgan fingerprint density at radius 3 is 1.71 bits per heavy atom. The summed E-state index contributed by atoms with van der Waals surface area (Å²) in [6.45, 7) is 23.5. The minimum Gasteiger partial charge on any atom is -0.494 e. The average Bonchev–Trinajstić information content (AvgIpc) is 1.18. The van der Waals surface area contributed by atoms with E-state index in [-0.39, 0.29) is 18.1 Å². The predicted octanol–water partition coefficient (Wildman–Crippen LogP) is 12.5. The highest BCUT2D eigenvalue weighted by molar-refractivity contribution is 7.13. The molecule has 7 fully saturated rings. The number of aliphatic hydroxyl groups is 1. The lowest BCUT2D eigenvalue weighted by Crippen LogP contribution is -2.42. The number of thiazole rings is 1. The van der Waals surface area contributed by atoms with Crippen LogP contribution >= 0.6 is 11.3 Å². The van der Waals surface area contributed by atoms with Crippen LogP contribution in [0.2, 0.25) is 0 Å². The van der Waals surface area contributed by atoms with Crippen molar-refractivity contribution in [2.24, 2.45) is 11.8 Å². The Hall–Kier alpha value is -9.24. The van der Waals surface area contributed by atoms with Crippen LogP contribution in [0.5, 0.6) is 17.2 Å². The van der Waals surface area contributed by atoms with Crippen molar-refractivity contribution in [2.75, 3.05) is 171 Å². The maximum atomic E-state index is 13.3. The molecule has 0 bridgehead atoms. The van der Waals surface area contributed by atoms with Gasteiger partial charge in [-0.2, -0.15) is 5.10 Å². The number of aromatic nitrogens is 6. The molecular weight excluding hydrogens is 1440 g/mol. The van der Waals surface area contributed by atoms with Gasteiger partial charge in [-0.1, -0.05) is 49.2 Å². The first-order valence-electron chi connectivity index (χ1n) is 41.5. The number of carboxylic acids is 1. The van der Waals surface area contributed by atoms with Crippen LogP contribution in [0.4, 0.5) is 22.2 Å². The SMILES string of the molecule is CC(C)(Oc1ccc2cccnc2c1N1CCCN(Cc2ccn(-c3ccccc3)n2)CC1)C(=O)O.COc1ccc2cccnc2c1N1CCCN(C(CC(=O)NCCN2CCCC2)c2csc(N3CCC(O)CC3)n2)CC1.COc1ccc2cccnc2c1N1CCCN(CC2CCN(C(=O)CC3CCCC3)CC2)CC1. The van der Waals surface area contributed by atoms with E-state index >= 15 is 0 Å². The van der Waals surface area contributed by atoms with Gasteiger partial charge in [0.15, 0.2) is 10.7 Å². The van der Waals surface area contributed by atoms with Crippen LogP contribution in [-0.2, 0) is 20.9 Å². The summed E-state index contributed by atoms with van der Waals surface area (Å²) in [5, 5.41) is 34.0. The van der Waals surface area contributed by atoms with E-state index in [2.05, 4.69) is 96.2 Å². The summed E-state index contributed by atoms with van der Waals surface area (Å²) in [5.41, 5.74) is 7.55. The Kier molecular flexibility index (Phi) is 27.5. The summed E-state index contributed by atoms with van der Waals surface area (Å²) < 4.78 is 19.5. The molecule has 113 heavy (non-hydrogen) atoms. The molecule has 1 atom stereocenters. The van der Waals surface area contributed by atoms with Gasteiger partial charge in [-0.3, -0.25) is 34.3 Å². The molecule has 24 nitrogen and oxygen atoms in total. The van der Waals surface area contributed by atoms with Crippen LogP contribution in [0.3, 0.4) is 0 Å². The van der Waals surface area contributed by atoms with E-state index in [4.69, 9.17) is 34.3 Å². The molecular formula is C88H116N16O8S. The van der Waals surface area contributed by atoms with Gasteiger partial charge in [0.25, 0.3) is 0 Å². The fraction of sp³-hybridized carbons (Fsp3) is 0.523. The van der Waals surface area contributed by atoms with E-state index in [0.717, 1.165) is 272 Å². The van der Waals surface area contributed by atoms with Gasteiger partial charge in [0.05, 0.1) is 60.0 Å². The number of anilines is 4. The highest BCUT2D eigenvalue weighted by atomic mass is 32.1. The Balaban J connectivity index is 0.000000142. The number of aliphatic carboxylic acids is 1. The van der Waals surface area contributed by atoms with Crippen LogP contribution in [0.15, 0.2) is 139 Å². The number of ether oxygens (including phenoxy) is 3. The second kappa shape index (κ2) is 38.7. The molecule has 6 aliphatic heterocycles. The third kappa shape index (κ3) is 20.7. The van der Waals surface area contributed by atoms with Crippen molar-refractivity contribution in [3.63, 3.8) is 0 Å². The number of carboxylic acid groups (broad SMARTS) is 1. The number of amides is 2. The van der Waals surface area contributed by atoms with Crippen LogP contribution in [0, 0.1) is 11.8 Å². The van der Waals surface area contributed by atoms with Crippen molar-refractivity contribution in [2.45, 2.75) is 134 Å². The number of rotatable bonds is 23. The molecule has 9 aromatic rings. The minimum absolute atomic E-state index is 0.0841. The first-order chi connectivity index (χ1) is 55.2. The zero-order valence-electron chi connectivity index (χ0n) is 66.7. The Labute approximate surface area is 670 Å². The van der Waals surface area contributed by atoms with Crippen molar-refractivity contribution < 1.29 is 38.8 Å². The lowest BCUT2D eigenvalue weighted by atomic mass is 9.95. The summed E-state index contributed by atoms with van der Waals surface area (Å²) >= 11 is 1.65. The summed E-state index contributed by atoms with van der Waals surface area (Å²) in [6, 6.07) is 36.3. The smallest absolute Gasteiger partial charge is 0.347 e. The number of para-hydroxylation sites is 1. The van der Waals surface area contributed by atoms with Crippen molar-refractivity contribution in [3.05, 3.63) is 151 Å². The van der Waals surface area contributed by atoms with Crippen LogP contribution < -0.4 is 39.1 Å². The zero-order valence-corrected chi connectivity index (χ0v) is 67.5. The predicted molar refractivity (Wildman–Crippen MR) is 450 cm³/mol. The van der Waals surface area contributed by atoms with Gasteiger partial charge in [-0.25, -0.2) is 14.5 Å². The van der Waals surface area contributed by atoms with Crippen molar-refractivity contribution in [3.8, 4) is 22.9 Å². The van der Waals surface area contributed by atoms with E-state index in [1.807, 2.05) is 96.1 Å². The lowest BCUT2D eigenvalue weighted by Gasteiger charge is -2.35. The molecule has 3 N–H and O–H groups in total. The number of carbonyl (C=O) groups excluding carboxylic acids is 2. The number of nitrogens with one attached hydrogen (secondary N) is 1. The van der Waals surface area contributed by atoms with Crippen LogP contribution in [0.1, 0.15) is 128 Å². The molecule has 1 saturated carbocycles. The highest BCUT2D eigenvalue weighted by Gasteiger charge is 2.35. The summed E-state index contributed by atoms with van der Waals surface area (Å²) in [5.74, 6) is 3.14. The number of hydrogen-bond donors (Lipinski definition) is 3. The number of fused-ring (bicyclic) bond motifs is 3. The quantitative estimate of drug-likeness (QED) is 0.0540. The van der Waals surface area contributed by atoms with Gasteiger partial charge >= 0.3 is 5.97 Å². The number of hydrogen-bond acceptors (Lipinski definition) is 21. The number of carbonyl (C=O) groups is 3. The third-order valence-corrected chi connectivity index (χ3v) is 24.9. The third-order valence-electron chi connectivity index (χ3n) is 23.9. The molecule has 7 aliphatic rings. The Morgan fingerprint density at radius 2 is 1.11 bits per heavy atom. The molecule has 11 heterocycles. The van der Waals surface area contributed by atoms with Gasteiger partial charge in [-0.05, 0) is 189 Å². The molecule has 2 amide bonds. The molecule has 6 saturated heterocycles. The summed E-state index contributed by atoms with van der Waals surface area (Å²) in [6.07, 6.45) is 23.0. The molecule has 5 aromatic heterocycles. The maximum absolute atomic E-state index is 13.3. The molecule has 1 unspecified atom stereocenters. The zero-order chi connectivity index (χ0) is 78.1. The van der Waals surface area contributed by atoms with Crippen molar-refractivity contribution >= 4 is 84.0 Å². The number of likely N-dealkylation sites (tertiary alicyclic amines) is 2. The Bertz CT molecular complexity index is 4580. The monoisotopic (exact) mass is 1560 g/mol. The average molecular weight is 1560 g/mol. The maximum Gasteiger partial charge on any atom is 0.347 e. The lowest BCUT2D eigenvalue weighted by molar-refractivity contribution is -0.152. The highest BCUT2D eigenvalue weighted by Crippen LogP contribution is 2.41. The number of nitrogens with zero attached hydrogens (tertiary/aromatic N) is 15. The van der Waals surface area contributed by atoms with E-state index in [9.17, 15) is 24.6 Å². The molecule has 602 valence electrons. The van der Waals surface area contributed by atoms with E-state index in [0.29, 0.717) is 36.5 Å². The molecule has 25 heteroatoms. The standard InChI is InChI=1S/C32H45N7O3S.C28H31N5O3.C28H40N4O2/c1-42-28-8-7-24-6-4-11-34-30(24)31(28)38-16-5-15-37(20-21-38)27(22-29(41)33-12-19-36-13-2-3-14-36)26-23-43-32(35-26)39-17-9-25(40)10-18-39;1-28(2,27(34)35)36-24-12-11-21-8-6-14-29-25(21)26(24)32-16-7-15-31(18-19-32)20-22-13-17-33(30-22)23-9-4-3-5-10-23;1-34-25-10-9-24-8-4-13-29-27(24)28(25)32-15-5-14-30(18-19-32)21-23-11-16-31(17-12-23)26(33)20-22-6-2-3-7-22/h4,6-8,11,23,25,27,40H,2-3,5,9-10,12-22H2,1H3,(H,33,41);3-6,8-14,17H,7,15-16,18-20H2,1-2H3,(H,34,35);4,8-10,13,22-23H,2-3,5-7,11-12,14-21H2,1H3. The fourth-order valence-corrected chi connectivity index (χ4v) is 18.5. The van der Waals surface area contributed by atoms with Crippen molar-refractivity contribution in [1.29, 1.82) is 0 Å². The van der Waals surface area contributed by atoms with Crippen LogP contribution in [0.25, 0.3) is 38.4 Å². The summed E-state index contributed by atoms with van der Waals surface area (Å²) in [4.78, 5) is 78.5. The Morgan fingerprint density at radius 1 is 0.549 bits per heavy atom. The summed E-state index contributed by atoms with van der Waals surface area (Å²) in [7, 11) is 3.47. The van der Waals surface area contributed by atoms with Gasteiger partial charge in [0, 0.05) is 184 Å². The minimum atomic E-state index is -1.35. The number of benzene rings is 4. The first kappa shape index (κ1) is 80.4. The van der Waals surface area contributed by atoms with Crippen molar-refractivity contribution in [1.82, 2.24) is 59.5 Å². The van der Waals surface area contributed by atoms with E-state index in [1.165, 1.54) is 38.5 Å². The number of aliphatic hydroxyl groups excluding tert-OH is 1.